The molecule has 2 N–H and O–H groups in total. The van der Waals surface area contributed by atoms with E-state index in [2.05, 4.69) is 37.9 Å². The third kappa shape index (κ3) is 4.47. The van der Waals surface area contributed by atoms with Crippen LogP contribution in [-0.4, -0.2) is 64.2 Å². The zero-order valence-corrected chi connectivity index (χ0v) is 17.3. The largest absolute Gasteiger partial charge is 0.384 e. The van der Waals surface area contributed by atoms with Gasteiger partial charge in [0.25, 0.3) is 0 Å². The molecule has 154 valence electrons. The molecule has 8 heteroatoms. The van der Waals surface area contributed by atoms with E-state index in [0.717, 1.165) is 49.0 Å². The molecule has 1 aromatic heterocycles. The van der Waals surface area contributed by atoms with Gasteiger partial charge in [-0.25, -0.2) is 15.0 Å². The van der Waals surface area contributed by atoms with Gasteiger partial charge in [-0.3, -0.25) is 4.79 Å². The predicted molar refractivity (Wildman–Crippen MR) is 115 cm³/mol. The number of fused-ring (bicyclic) bond motifs is 1. The zero-order chi connectivity index (χ0) is 21.0. The third-order valence-corrected chi connectivity index (χ3v) is 5.26. The molecule has 0 bridgehead atoms. The van der Waals surface area contributed by atoms with Crippen LogP contribution in [0, 0.1) is 0 Å². The van der Waals surface area contributed by atoms with Crippen molar-refractivity contribution in [2.75, 3.05) is 37.6 Å². The van der Waals surface area contributed by atoms with Crippen LogP contribution in [0.25, 0.3) is 0 Å². The van der Waals surface area contributed by atoms with Crippen molar-refractivity contribution in [3.8, 4) is 0 Å². The van der Waals surface area contributed by atoms with E-state index in [0.29, 0.717) is 25.5 Å². The lowest BCUT2D eigenvalue weighted by atomic mass is 10.0. The number of amides is 1. The van der Waals surface area contributed by atoms with E-state index in [1.165, 1.54) is 11.6 Å². The number of allylic oxidation sites excluding steroid dienone is 1. The van der Waals surface area contributed by atoms with Gasteiger partial charge in [0.1, 0.15) is 23.8 Å². The van der Waals surface area contributed by atoms with Crippen LogP contribution >= 0.6 is 0 Å². The van der Waals surface area contributed by atoms with Gasteiger partial charge in [0, 0.05) is 38.3 Å². The highest BCUT2D eigenvalue weighted by Crippen LogP contribution is 2.27. The number of piperazine rings is 1. The van der Waals surface area contributed by atoms with Crippen molar-refractivity contribution >= 4 is 17.6 Å². The van der Waals surface area contributed by atoms with Gasteiger partial charge in [-0.1, -0.05) is 13.2 Å². The topological polar surface area (TPSA) is 91.0 Å². The first-order chi connectivity index (χ1) is 13.9. The normalized spacial score (nSPS) is 17.8. The van der Waals surface area contributed by atoms with Crippen molar-refractivity contribution in [2.45, 2.75) is 26.8 Å². The summed E-state index contributed by atoms with van der Waals surface area (Å²) in [5.74, 6) is 2.23. The lowest BCUT2D eigenvalue weighted by Gasteiger charge is -2.37. The molecule has 0 radical (unpaired) electrons. The number of carbonyl (C=O) groups excluding carboxylic acids is 1. The molecule has 8 nitrogen and oxygen atoms in total. The Hall–Kier alpha value is -3.16. The summed E-state index contributed by atoms with van der Waals surface area (Å²) in [6.07, 6.45) is 5.59. The van der Waals surface area contributed by atoms with Gasteiger partial charge in [-0.2, -0.15) is 0 Å². The van der Waals surface area contributed by atoms with E-state index in [-0.39, 0.29) is 5.91 Å². The summed E-state index contributed by atoms with van der Waals surface area (Å²) in [4.78, 5) is 31.7. The number of carbonyl (C=O) groups is 1. The van der Waals surface area contributed by atoms with Gasteiger partial charge in [0.2, 0.25) is 5.91 Å². The Balaban J connectivity index is 1.79. The van der Waals surface area contributed by atoms with E-state index in [1.807, 2.05) is 18.7 Å². The molecule has 0 saturated carbocycles. The number of hydrogen-bond donors (Lipinski definition) is 1. The van der Waals surface area contributed by atoms with Gasteiger partial charge in [-0.05, 0) is 38.0 Å². The molecular formula is C21H29N7O. The molecule has 29 heavy (non-hydrogen) atoms. The SMILES string of the molecule is C=CC(=O)N1CCN(c2ncnc3c2CCN(/C(=N/C(N)=CC)C(=C)C)C3)CC1. The minimum Gasteiger partial charge on any atom is -0.384 e. The minimum atomic E-state index is -0.0166. The highest BCUT2D eigenvalue weighted by molar-refractivity contribution is 5.98. The van der Waals surface area contributed by atoms with Crippen molar-refractivity contribution in [1.29, 1.82) is 0 Å². The zero-order valence-electron chi connectivity index (χ0n) is 17.3. The Bertz CT molecular complexity index is 866. The molecule has 1 aromatic rings. The maximum absolute atomic E-state index is 11.8. The molecule has 3 heterocycles. The Morgan fingerprint density at radius 1 is 1.21 bits per heavy atom. The van der Waals surface area contributed by atoms with Crippen LogP contribution in [0.5, 0.6) is 0 Å². The Morgan fingerprint density at radius 2 is 1.93 bits per heavy atom. The summed E-state index contributed by atoms with van der Waals surface area (Å²) < 4.78 is 0. The van der Waals surface area contributed by atoms with Crippen LogP contribution in [0.2, 0.25) is 0 Å². The number of hydrogen-bond acceptors (Lipinski definition) is 6. The lowest BCUT2D eigenvalue weighted by Crippen LogP contribution is -2.49. The fourth-order valence-corrected chi connectivity index (χ4v) is 3.68. The fourth-order valence-electron chi connectivity index (χ4n) is 3.68. The van der Waals surface area contributed by atoms with E-state index in [9.17, 15) is 4.79 Å². The number of rotatable bonds is 4. The number of aliphatic imine (C=N–C) groups is 1. The first kappa shape index (κ1) is 20.6. The molecule has 0 spiro atoms. The second kappa shape index (κ2) is 8.89. The number of amidine groups is 1. The van der Waals surface area contributed by atoms with E-state index >= 15 is 0 Å². The van der Waals surface area contributed by atoms with Crippen molar-refractivity contribution in [3.63, 3.8) is 0 Å². The van der Waals surface area contributed by atoms with Crippen molar-refractivity contribution in [2.24, 2.45) is 10.7 Å². The third-order valence-electron chi connectivity index (χ3n) is 5.26. The van der Waals surface area contributed by atoms with Crippen LogP contribution in [0.15, 0.2) is 48.0 Å². The summed E-state index contributed by atoms with van der Waals surface area (Å²) in [5.41, 5.74) is 8.96. The van der Waals surface area contributed by atoms with E-state index in [4.69, 9.17) is 5.73 Å². The highest BCUT2D eigenvalue weighted by atomic mass is 16.2. The number of nitrogens with two attached hydrogens (primary N) is 1. The standard InChI is InChI=1S/C21H29N7O/c1-5-18(22)25-20(15(3)4)28-8-7-16-17(13-28)23-14-24-21(16)27-11-9-26(10-12-27)19(29)6-2/h5-6,14H,2-3,7-13,22H2,1,4H3/b18-5?,25-20+. The first-order valence-electron chi connectivity index (χ1n) is 9.85. The fraction of sp³-hybridized carbons (Fsp3) is 0.429. The molecule has 0 atom stereocenters. The molecule has 0 unspecified atom stereocenters. The summed E-state index contributed by atoms with van der Waals surface area (Å²) in [5, 5.41) is 0. The summed E-state index contributed by atoms with van der Waals surface area (Å²) in [7, 11) is 0. The molecule has 2 aliphatic rings. The molecule has 1 amide bonds. The molecule has 0 aromatic carbocycles. The average molecular weight is 396 g/mol. The van der Waals surface area contributed by atoms with E-state index < -0.39 is 0 Å². The Kier molecular flexibility index (Phi) is 6.31. The molecule has 1 fully saturated rings. The van der Waals surface area contributed by atoms with Gasteiger partial charge in [0.15, 0.2) is 0 Å². The number of aromatic nitrogens is 2. The molecule has 0 aliphatic carbocycles. The molecule has 2 aliphatic heterocycles. The highest BCUT2D eigenvalue weighted by Gasteiger charge is 2.27. The summed E-state index contributed by atoms with van der Waals surface area (Å²) in [6.45, 7) is 15.7. The van der Waals surface area contributed by atoms with Crippen molar-refractivity contribution in [3.05, 3.63) is 54.3 Å². The molecular weight excluding hydrogens is 366 g/mol. The maximum atomic E-state index is 11.8. The van der Waals surface area contributed by atoms with Crippen LogP contribution in [0.3, 0.4) is 0 Å². The molecule has 1 saturated heterocycles. The van der Waals surface area contributed by atoms with Gasteiger partial charge < -0.3 is 20.4 Å². The van der Waals surface area contributed by atoms with Crippen LogP contribution in [0.1, 0.15) is 25.1 Å². The monoisotopic (exact) mass is 395 g/mol. The first-order valence-corrected chi connectivity index (χ1v) is 9.85. The quantitative estimate of drug-likeness (QED) is 0.472. The molecule has 3 rings (SSSR count). The Labute approximate surface area is 172 Å². The van der Waals surface area contributed by atoms with Crippen molar-refractivity contribution in [1.82, 2.24) is 19.8 Å². The smallest absolute Gasteiger partial charge is 0.246 e. The van der Waals surface area contributed by atoms with Crippen LogP contribution in [-0.2, 0) is 17.8 Å². The van der Waals surface area contributed by atoms with E-state index in [1.54, 1.807) is 12.4 Å². The van der Waals surface area contributed by atoms with Gasteiger partial charge >= 0.3 is 0 Å². The summed E-state index contributed by atoms with van der Waals surface area (Å²) >= 11 is 0. The second-order valence-electron chi connectivity index (χ2n) is 7.24. The number of anilines is 1. The number of nitrogens with zero attached hydrogens (tertiary/aromatic N) is 6. The minimum absolute atomic E-state index is 0.0166. The van der Waals surface area contributed by atoms with Gasteiger partial charge in [-0.15, -0.1) is 0 Å². The van der Waals surface area contributed by atoms with Crippen LogP contribution < -0.4 is 10.6 Å². The average Bonchev–Trinajstić information content (AvgIpc) is 2.75. The van der Waals surface area contributed by atoms with Gasteiger partial charge in [0.05, 0.1) is 12.2 Å². The second-order valence-corrected chi connectivity index (χ2v) is 7.24. The van der Waals surface area contributed by atoms with Crippen molar-refractivity contribution < 1.29 is 4.79 Å². The maximum Gasteiger partial charge on any atom is 0.246 e. The summed E-state index contributed by atoms with van der Waals surface area (Å²) in [6, 6.07) is 0. The predicted octanol–water partition coefficient (Wildman–Crippen LogP) is 1.46. The Morgan fingerprint density at radius 3 is 2.55 bits per heavy atom. The van der Waals surface area contributed by atoms with Crippen LogP contribution in [0.4, 0.5) is 5.82 Å². The lowest BCUT2D eigenvalue weighted by molar-refractivity contribution is -0.126.